The average Bonchev–Trinajstić information content (AvgIpc) is 2.29. The molecule has 0 fully saturated rings. The molecule has 15 heavy (non-hydrogen) atoms. The molecular formula is C14H19N. The van der Waals surface area contributed by atoms with Crippen LogP contribution in [0.4, 0.5) is 5.69 Å². The van der Waals surface area contributed by atoms with Gasteiger partial charge in [-0.15, -0.1) is 0 Å². The summed E-state index contributed by atoms with van der Waals surface area (Å²) < 4.78 is 0. The lowest BCUT2D eigenvalue weighted by Gasteiger charge is -1.92. The van der Waals surface area contributed by atoms with Gasteiger partial charge in [0, 0.05) is 6.21 Å². The van der Waals surface area contributed by atoms with Gasteiger partial charge in [0.15, 0.2) is 0 Å². The Morgan fingerprint density at radius 3 is 2.60 bits per heavy atom. The fourth-order valence-corrected chi connectivity index (χ4v) is 1.30. The number of benzene rings is 1. The number of aliphatic imine (C=N–C) groups is 1. The minimum Gasteiger partial charge on any atom is -0.261 e. The van der Waals surface area contributed by atoms with E-state index in [1.54, 1.807) is 0 Å². The van der Waals surface area contributed by atoms with Crippen molar-refractivity contribution >= 4 is 11.9 Å². The van der Waals surface area contributed by atoms with Crippen LogP contribution in [-0.4, -0.2) is 6.21 Å². The van der Waals surface area contributed by atoms with Crippen molar-refractivity contribution in [3.8, 4) is 0 Å². The van der Waals surface area contributed by atoms with E-state index >= 15 is 0 Å². The van der Waals surface area contributed by atoms with Crippen molar-refractivity contribution in [2.75, 3.05) is 0 Å². The van der Waals surface area contributed by atoms with E-state index in [1.807, 2.05) is 36.5 Å². The van der Waals surface area contributed by atoms with Crippen LogP contribution in [0.25, 0.3) is 0 Å². The standard InChI is InChI=1S/C14H19N/c1-2-3-4-5-6-10-13-15-14-11-8-7-9-12-14/h3-4,7-9,11-13H,2,5-6,10H2,1H3/b4-3+,15-13?. The van der Waals surface area contributed by atoms with Crippen LogP contribution in [0.15, 0.2) is 47.5 Å². The predicted molar refractivity (Wildman–Crippen MR) is 67.9 cm³/mol. The van der Waals surface area contributed by atoms with E-state index in [2.05, 4.69) is 24.1 Å². The molecule has 0 aliphatic heterocycles. The smallest absolute Gasteiger partial charge is 0.0625 e. The van der Waals surface area contributed by atoms with Gasteiger partial charge in [0.1, 0.15) is 0 Å². The first-order valence-electron chi connectivity index (χ1n) is 5.66. The number of rotatable bonds is 6. The van der Waals surface area contributed by atoms with Gasteiger partial charge in [0.05, 0.1) is 5.69 Å². The van der Waals surface area contributed by atoms with Gasteiger partial charge in [0.2, 0.25) is 0 Å². The highest BCUT2D eigenvalue weighted by molar-refractivity contribution is 5.62. The summed E-state index contributed by atoms with van der Waals surface area (Å²) in [5, 5.41) is 0. The molecule has 80 valence electrons. The Labute approximate surface area is 92.6 Å². The van der Waals surface area contributed by atoms with E-state index in [1.165, 1.54) is 6.42 Å². The molecule has 0 unspecified atom stereocenters. The monoisotopic (exact) mass is 201 g/mol. The largest absolute Gasteiger partial charge is 0.261 e. The zero-order valence-corrected chi connectivity index (χ0v) is 9.39. The summed E-state index contributed by atoms with van der Waals surface area (Å²) in [6.45, 7) is 2.16. The second kappa shape index (κ2) is 7.98. The van der Waals surface area contributed by atoms with E-state index in [4.69, 9.17) is 0 Å². The summed E-state index contributed by atoms with van der Waals surface area (Å²) in [5.41, 5.74) is 1.04. The van der Waals surface area contributed by atoms with Crippen LogP contribution >= 0.6 is 0 Å². The van der Waals surface area contributed by atoms with Gasteiger partial charge in [-0.1, -0.05) is 37.3 Å². The fraction of sp³-hybridized carbons (Fsp3) is 0.357. The maximum absolute atomic E-state index is 4.37. The molecule has 0 radical (unpaired) electrons. The Morgan fingerprint density at radius 1 is 1.07 bits per heavy atom. The van der Waals surface area contributed by atoms with Crippen molar-refractivity contribution in [2.24, 2.45) is 4.99 Å². The normalized spacial score (nSPS) is 11.5. The Bertz CT molecular complexity index is 298. The third-order valence-electron chi connectivity index (χ3n) is 2.10. The number of para-hydroxylation sites is 1. The van der Waals surface area contributed by atoms with Crippen LogP contribution in [0, 0.1) is 0 Å². The van der Waals surface area contributed by atoms with Crippen LogP contribution in [-0.2, 0) is 0 Å². The molecule has 0 bridgehead atoms. The topological polar surface area (TPSA) is 12.4 Å². The summed E-state index contributed by atoms with van der Waals surface area (Å²) in [4.78, 5) is 4.37. The summed E-state index contributed by atoms with van der Waals surface area (Å²) in [6.07, 6.45) is 11.0. The van der Waals surface area contributed by atoms with Crippen molar-refractivity contribution < 1.29 is 0 Å². The van der Waals surface area contributed by atoms with Crippen LogP contribution in [0.1, 0.15) is 32.6 Å². The zero-order valence-electron chi connectivity index (χ0n) is 9.39. The average molecular weight is 201 g/mol. The summed E-state index contributed by atoms with van der Waals surface area (Å²) >= 11 is 0. The third-order valence-corrected chi connectivity index (χ3v) is 2.10. The fourth-order valence-electron chi connectivity index (χ4n) is 1.30. The maximum Gasteiger partial charge on any atom is 0.0625 e. The first kappa shape index (κ1) is 11.7. The lowest BCUT2D eigenvalue weighted by molar-refractivity contribution is 0.899. The third kappa shape index (κ3) is 5.84. The molecule has 0 heterocycles. The SMILES string of the molecule is CC/C=C/CCCC=Nc1ccccc1. The van der Waals surface area contributed by atoms with Gasteiger partial charge in [-0.3, -0.25) is 4.99 Å². The lowest BCUT2D eigenvalue weighted by atomic mass is 10.2. The highest BCUT2D eigenvalue weighted by atomic mass is 14.7. The van der Waals surface area contributed by atoms with E-state index < -0.39 is 0 Å². The zero-order chi connectivity index (χ0) is 10.8. The highest BCUT2D eigenvalue weighted by Gasteiger charge is 1.84. The number of nitrogens with zero attached hydrogens (tertiary/aromatic N) is 1. The maximum atomic E-state index is 4.37. The van der Waals surface area contributed by atoms with Gasteiger partial charge in [-0.05, 0) is 37.8 Å². The first-order valence-corrected chi connectivity index (χ1v) is 5.66. The molecule has 1 aromatic rings. The lowest BCUT2D eigenvalue weighted by Crippen LogP contribution is -1.75. The Morgan fingerprint density at radius 2 is 1.87 bits per heavy atom. The van der Waals surface area contributed by atoms with E-state index in [-0.39, 0.29) is 0 Å². The van der Waals surface area contributed by atoms with Crippen molar-refractivity contribution in [3.05, 3.63) is 42.5 Å². The van der Waals surface area contributed by atoms with Gasteiger partial charge >= 0.3 is 0 Å². The van der Waals surface area contributed by atoms with Gasteiger partial charge in [0.25, 0.3) is 0 Å². The highest BCUT2D eigenvalue weighted by Crippen LogP contribution is 2.09. The second-order valence-corrected chi connectivity index (χ2v) is 3.46. The van der Waals surface area contributed by atoms with Crippen molar-refractivity contribution in [1.29, 1.82) is 0 Å². The summed E-state index contributed by atoms with van der Waals surface area (Å²) in [5.74, 6) is 0. The number of allylic oxidation sites excluding steroid dienone is 2. The Balaban J connectivity index is 2.15. The molecule has 1 aromatic carbocycles. The van der Waals surface area contributed by atoms with Crippen LogP contribution < -0.4 is 0 Å². The van der Waals surface area contributed by atoms with Crippen molar-refractivity contribution in [2.45, 2.75) is 32.6 Å². The molecule has 0 spiro atoms. The molecule has 0 aliphatic rings. The van der Waals surface area contributed by atoms with E-state index in [0.29, 0.717) is 0 Å². The Kier molecular flexibility index (Phi) is 6.23. The molecule has 0 aromatic heterocycles. The summed E-state index contributed by atoms with van der Waals surface area (Å²) in [6, 6.07) is 10.1. The minimum atomic E-state index is 1.04. The molecular weight excluding hydrogens is 182 g/mol. The predicted octanol–water partition coefficient (Wildman–Crippen LogP) is 4.53. The van der Waals surface area contributed by atoms with Crippen LogP contribution in [0.2, 0.25) is 0 Å². The molecule has 1 nitrogen and oxygen atoms in total. The number of hydrogen-bond acceptors (Lipinski definition) is 1. The number of unbranched alkanes of at least 4 members (excludes halogenated alkanes) is 2. The second-order valence-electron chi connectivity index (χ2n) is 3.46. The van der Waals surface area contributed by atoms with Gasteiger partial charge < -0.3 is 0 Å². The molecule has 0 saturated heterocycles. The van der Waals surface area contributed by atoms with Crippen molar-refractivity contribution in [1.82, 2.24) is 0 Å². The summed E-state index contributed by atoms with van der Waals surface area (Å²) in [7, 11) is 0. The molecule has 0 atom stereocenters. The molecule has 0 amide bonds. The molecule has 0 N–H and O–H groups in total. The Hall–Kier alpha value is -1.37. The van der Waals surface area contributed by atoms with E-state index in [9.17, 15) is 0 Å². The number of hydrogen-bond donors (Lipinski definition) is 0. The van der Waals surface area contributed by atoms with Gasteiger partial charge in [-0.2, -0.15) is 0 Å². The molecule has 1 rings (SSSR count). The van der Waals surface area contributed by atoms with Gasteiger partial charge in [-0.25, -0.2) is 0 Å². The van der Waals surface area contributed by atoms with E-state index in [0.717, 1.165) is 24.9 Å². The molecule has 1 heteroatoms. The molecule has 0 aliphatic carbocycles. The first-order chi connectivity index (χ1) is 7.43. The quantitative estimate of drug-likeness (QED) is 0.364. The minimum absolute atomic E-state index is 1.04. The molecule has 0 saturated carbocycles. The van der Waals surface area contributed by atoms with Crippen molar-refractivity contribution in [3.63, 3.8) is 0 Å². The van der Waals surface area contributed by atoms with Crippen LogP contribution in [0.3, 0.4) is 0 Å². The van der Waals surface area contributed by atoms with Crippen LogP contribution in [0.5, 0.6) is 0 Å².